The molecule has 1 unspecified atom stereocenters. The molecule has 1 aromatic carbocycles. The average Bonchev–Trinajstić information content (AvgIpc) is 2.53. The van der Waals surface area contributed by atoms with Crippen LogP contribution in [0.4, 0.5) is 0 Å². The van der Waals surface area contributed by atoms with Crippen molar-refractivity contribution in [2.45, 2.75) is 24.0 Å². The Labute approximate surface area is 141 Å². The van der Waals surface area contributed by atoms with E-state index in [1.54, 1.807) is 11.9 Å². The van der Waals surface area contributed by atoms with Crippen molar-refractivity contribution < 1.29 is 4.79 Å². The second-order valence-electron chi connectivity index (χ2n) is 5.05. The minimum Gasteiger partial charge on any atom is -0.338 e. The van der Waals surface area contributed by atoms with Crippen molar-refractivity contribution in [3.05, 3.63) is 35.4 Å². The number of halogens is 1. The molecule has 1 amide bonds. The highest BCUT2D eigenvalue weighted by Gasteiger charge is 2.19. The van der Waals surface area contributed by atoms with Gasteiger partial charge < -0.3 is 10.6 Å². The quantitative estimate of drug-likeness (QED) is 0.907. The molecule has 0 saturated carbocycles. The van der Waals surface area contributed by atoms with Crippen LogP contribution in [0.5, 0.6) is 0 Å². The molecule has 0 bridgehead atoms. The number of rotatable bonds is 4. The zero-order valence-electron chi connectivity index (χ0n) is 12.5. The molecular weight excluding hydrogens is 324 g/mol. The zero-order valence-corrected chi connectivity index (χ0v) is 14.9. The molecule has 2 rings (SSSR count). The number of amides is 1. The van der Waals surface area contributed by atoms with Crippen molar-refractivity contribution in [2.24, 2.45) is 5.73 Å². The molecule has 1 aliphatic heterocycles. The largest absolute Gasteiger partial charge is 0.338 e. The van der Waals surface area contributed by atoms with Gasteiger partial charge in [-0.25, -0.2) is 0 Å². The lowest BCUT2D eigenvalue weighted by Gasteiger charge is -2.24. The zero-order chi connectivity index (χ0) is 14.5. The van der Waals surface area contributed by atoms with Crippen molar-refractivity contribution in [3.8, 4) is 0 Å². The summed E-state index contributed by atoms with van der Waals surface area (Å²) >= 11 is 3.99. The molecule has 0 aliphatic carbocycles. The number of carbonyl (C=O) groups excluding carboxylic acids is 1. The van der Waals surface area contributed by atoms with Gasteiger partial charge in [0.1, 0.15) is 0 Å². The third-order valence-electron chi connectivity index (χ3n) is 3.58. The van der Waals surface area contributed by atoms with E-state index in [0.29, 0.717) is 11.1 Å². The molecular formula is C15H23ClN2OS2. The van der Waals surface area contributed by atoms with Crippen molar-refractivity contribution >= 4 is 41.8 Å². The second-order valence-corrected chi connectivity index (χ2v) is 7.77. The van der Waals surface area contributed by atoms with Gasteiger partial charge in [-0.1, -0.05) is 12.1 Å². The first-order valence-corrected chi connectivity index (χ1v) is 9.03. The average molecular weight is 347 g/mol. The van der Waals surface area contributed by atoms with Gasteiger partial charge in [0.15, 0.2) is 0 Å². The lowest BCUT2D eigenvalue weighted by Crippen LogP contribution is -2.39. The Balaban J connectivity index is 0.00000220. The molecule has 0 radical (unpaired) electrons. The molecule has 1 aromatic rings. The van der Waals surface area contributed by atoms with Gasteiger partial charge in [-0.05, 0) is 42.5 Å². The van der Waals surface area contributed by atoms with E-state index >= 15 is 0 Å². The molecule has 118 valence electrons. The van der Waals surface area contributed by atoms with Crippen molar-refractivity contribution in [1.82, 2.24) is 4.90 Å². The van der Waals surface area contributed by atoms with Crippen molar-refractivity contribution in [3.63, 3.8) is 0 Å². The molecule has 21 heavy (non-hydrogen) atoms. The first kappa shape index (κ1) is 18.7. The van der Waals surface area contributed by atoms with Crippen LogP contribution in [0, 0.1) is 0 Å². The highest BCUT2D eigenvalue weighted by atomic mass is 35.5. The number of likely N-dealkylation sites (N-methyl/N-ethyl adjacent to an activating group) is 1. The van der Waals surface area contributed by atoms with Crippen molar-refractivity contribution in [2.75, 3.05) is 25.1 Å². The summed E-state index contributed by atoms with van der Waals surface area (Å²) in [4.78, 5) is 14.0. The molecule has 6 heteroatoms. The SMILES string of the molecule is CC(CN)N(C)C(=O)c1ccc(C2SCCCS2)cc1.Cl. The monoisotopic (exact) mass is 346 g/mol. The summed E-state index contributed by atoms with van der Waals surface area (Å²) in [6.07, 6.45) is 1.30. The van der Waals surface area contributed by atoms with E-state index in [1.165, 1.54) is 23.5 Å². The maximum Gasteiger partial charge on any atom is 0.253 e. The van der Waals surface area contributed by atoms with Crippen LogP contribution in [0.25, 0.3) is 0 Å². The summed E-state index contributed by atoms with van der Waals surface area (Å²) in [6.45, 7) is 2.44. The van der Waals surface area contributed by atoms with Gasteiger partial charge in [-0.15, -0.1) is 35.9 Å². The van der Waals surface area contributed by atoms with Crippen LogP contribution < -0.4 is 5.73 Å². The topological polar surface area (TPSA) is 46.3 Å². The Morgan fingerprint density at radius 2 is 1.90 bits per heavy atom. The highest BCUT2D eigenvalue weighted by Crippen LogP contribution is 2.43. The molecule has 1 fully saturated rings. The summed E-state index contributed by atoms with van der Waals surface area (Å²) in [5.41, 5.74) is 7.66. The van der Waals surface area contributed by atoms with Crippen LogP contribution >= 0.6 is 35.9 Å². The summed E-state index contributed by atoms with van der Waals surface area (Å²) in [5.74, 6) is 2.50. The summed E-state index contributed by atoms with van der Waals surface area (Å²) in [5, 5.41) is 0. The van der Waals surface area contributed by atoms with Crippen LogP contribution in [-0.4, -0.2) is 41.9 Å². The van der Waals surface area contributed by atoms with E-state index in [2.05, 4.69) is 12.1 Å². The third kappa shape index (κ3) is 4.81. The summed E-state index contributed by atoms with van der Waals surface area (Å²) in [7, 11) is 1.81. The van der Waals surface area contributed by atoms with Crippen LogP contribution in [0.15, 0.2) is 24.3 Å². The summed E-state index contributed by atoms with van der Waals surface area (Å²) in [6, 6.07) is 8.11. The van der Waals surface area contributed by atoms with E-state index in [4.69, 9.17) is 5.73 Å². The minimum absolute atomic E-state index is 0. The first-order chi connectivity index (χ1) is 9.63. The first-order valence-electron chi connectivity index (χ1n) is 6.94. The Bertz CT molecular complexity index is 449. The fraction of sp³-hybridized carbons (Fsp3) is 0.533. The predicted octanol–water partition coefficient (Wildman–Crippen LogP) is 3.40. The molecule has 1 saturated heterocycles. The van der Waals surface area contributed by atoms with E-state index in [-0.39, 0.29) is 24.4 Å². The van der Waals surface area contributed by atoms with Crippen LogP contribution in [0.2, 0.25) is 0 Å². The number of thioether (sulfide) groups is 2. The molecule has 0 aromatic heterocycles. The highest BCUT2D eigenvalue weighted by molar-refractivity contribution is 8.16. The molecule has 1 heterocycles. The van der Waals surface area contributed by atoms with Gasteiger partial charge in [0.05, 0.1) is 4.58 Å². The lowest BCUT2D eigenvalue weighted by molar-refractivity contribution is 0.0748. The number of carbonyl (C=O) groups is 1. The van der Waals surface area contributed by atoms with Crippen molar-refractivity contribution in [1.29, 1.82) is 0 Å². The van der Waals surface area contributed by atoms with Gasteiger partial charge in [0.2, 0.25) is 0 Å². The fourth-order valence-corrected chi connectivity index (χ4v) is 4.92. The lowest BCUT2D eigenvalue weighted by atomic mass is 10.1. The number of benzene rings is 1. The Morgan fingerprint density at radius 3 is 2.43 bits per heavy atom. The normalized spacial score (nSPS) is 16.9. The van der Waals surface area contributed by atoms with Gasteiger partial charge in [-0.2, -0.15) is 0 Å². The van der Waals surface area contributed by atoms with Gasteiger partial charge in [0.25, 0.3) is 5.91 Å². The van der Waals surface area contributed by atoms with Crippen LogP contribution in [-0.2, 0) is 0 Å². The molecule has 2 N–H and O–H groups in total. The maximum absolute atomic E-state index is 12.3. The fourth-order valence-electron chi connectivity index (χ4n) is 2.02. The Hall–Kier alpha value is -0.360. The van der Waals surface area contributed by atoms with Gasteiger partial charge in [0, 0.05) is 25.2 Å². The second kappa shape index (κ2) is 8.93. The number of nitrogens with zero attached hydrogens (tertiary/aromatic N) is 1. The number of nitrogens with two attached hydrogens (primary N) is 1. The van der Waals surface area contributed by atoms with E-state index in [1.807, 2.05) is 42.6 Å². The van der Waals surface area contributed by atoms with E-state index in [9.17, 15) is 4.79 Å². The van der Waals surface area contributed by atoms with E-state index < -0.39 is 0 Å². The molecule has 1 atom stereocenters. The minimum atomic E-state index is 0. The Morgan fingerprint density at radius 1 is 1.33 bits per heavy atom. The Kier molecular flexibility index (Phi) is 7.95. The number of hydrogen-bond acceptors (Lipinski definition) is 4. The van der Waals surface area contributed by atoms with Gasteiger partial charge in [-0.3, -0.25) is 4.79 Å². The molecule has 1 aliphatic rings. The molecule has 3 nitrogen and oxygen atoms in total. The summed E-state index contributed by atoms with van der Waals surface area (Å²) < 4.78 is 0.522. The standard InChI is InChI=1S/C15H22N2OS2.ClH/c1-11(10-16)17(2)14(18)12-4-6-13(7-5-12)15-19-8-3-9-20-15;/h4-7,11,15H,3,8-10,16H2,1-2H3;1H. The van der Waals surface area contributed by atoms with Crippen LogP contribution in [0.3, 0.4) is 0 Å². The van der Waals surface area contributed by atoms with E-state index in [0.717, 1.165) is 5.56 Å². The van der Waals surface area contributed by atoms with Crippen LogP contribution in [0.1, 0.15) is 33.8 Å². The smallest absolute Gasteiger partial charge is 0.253 e. The molecule has 0 spiro atoms. The number of hydrogen-bond donors (Lipinski definition) is 1. The van der Waals surface area contributed by atoms with Gasteiger partial charge >= 0.3 is 0 Å². The maximum atomic E-state index is 12.3. The predicted molar refractivity (Wildman–Crippen MR) is 96.6 cm³/mol. The third-order valence-corrected chi connectivity index (χ3v) is 6.59.